The molecule has 0 saturated carbocycles. The van der Waals surface area contributed by atoms with Crippen LogP contribution in [-0.4, -0.2) is 40.2 Å². The van der Waals surface area contributed by atoms with Crippen molar-refractivity contribution in [2.75, 3.05) is 18.5 Å². The van der Waals surface area contributed by atoms with Gasteiger partial charge < -0.3 is 15.2 Å². The highest BCUT2D eigenvalue weighted by Gasteiger charge is 2.39. The minimum absolute atomic E-state index is 0.126. The van der Waals surface area contributed by atoms with E-state index in [2.05, 4.69) is 15.5 Å². The standard InChI is InChI=1S/C9H15N3O2S/c1-6-9(13,3-4-14-6)5-10-8-12-11-7(2)15-8/h6,13H,3-5H2,1-2H3,(H,10,12). The summed E-state index contributed by atoms with van der Waals surface area (Å²) in [6.07, 6.45) is 0.540. The number of ether oxygens (including phenoxy) is 1. The van der Waals surface area contributed by atoms with E-state index in [-0.39, 0.29) is 6.10 Å². The molecule has 0 amide bonds. The number of aliphatic hydroxyl groups is 1. The van der Waals surface area contributed by atoms with Gasteiger partial charge in [0.05, 0.1) is 6.10 Å². The van der Waals surface area contributed by atoms with Gasteiger partial charge in [0.15, 0.2) is 0 Å². The van der Waals surface area contributed by atoms with Crippen molar-refractivity contribution in [1.29, 1.82) is 0 Å². The van der Waals surface area contributed by atoms with Gasteiger partial charge in [0, 0.05) is 19.6 Å². The number of anilines is 1. The molecule has 1 saturated heterocycles. The summed E-state index contributed by atoms with van der Waals surface area (Å²) >= 11 is 1.49. The Morgan fingerprint density at radius 2 is 2.47 bits per heavy atom. The van der Waals surface area contributed by atoms with Gasteiger partial charge in [-0.1, -0.05) is 11.3 Å². The quantitative estimate of drug-likeness (QED) is 0.802. The van der Waals surface area contributed by atoms with Crippen LogP contribution in [0.3, 0.4) is 0 Å². The van der Waals surface area contributed by atoms with Crippen molar-refractivity contribution in [2.45, 2.75) is 32.0 Å². The van der Waals surface area contributed by atoms with E-state index in [0.29, 0.717) is 19.6 Å². The Balaban J connectivity index is 1.92. The third kappa shape index (κ3) is 2.27. The van der Waals surface area contributed by atoms with E-state index in [0.717, 1.165) is 10.1 Å². The third-order valence-corrected chi connectivity index (χ3v) is 3.53. The molecule has 0 aromatic carbocycles. The van der Waals surface area contributed by atoms with Gasteiger partial charge in [-0.2, -0.15) is 0 Å². The van der Waals surface area contributed by atoms with Crippen molar-refractivity contribution in [3.05, 3.63) is 5.01 Å². The van der Waals surface area contributed by atoms with Gasteiger partial charge in [0.2, 0.25) is 5.13 Å². The average molecular weight is 229 g/mol. The molecule has 0 bridgehead atoms. The Labute approximate surface area is 92.5 Å². The molecular formula is C9H15N3O2S. The second kappa shape index (κ2) is 4.03. The molecule has 1 aromatic rings. The molecule has 2 atom stereocenters. The molecule has 2 heterocycles. The Kier molecular flexibility index (Phi) is 2.90. The maximum Gasteiger partial charge on any atom is 0.205 e. The van der Waals surface area contributed by atoms with Crippen molar-refractivity contribution in [2.24, 2.45) is 0 Å². The molecule has 5 nitrogen and oxygen atoms in total. The number of nitrogens with zero attached hydrogens (tertiary/aromatic N) is 2. The highest BCUT2D eigenvalue weighted by atomic mass is 32.1. The maximum atomic E-state index is 10.2. The topological polar surface area (TPSA) is 67.3 Å². The van der Waals surface area contributed by atoms with Crippen LogP contribution in [-0.2, 0) is 4.74 Å². The van der Waals surface area contributed by atoms with Gasteiger partial charge in [-0.05, 0) is 13.8 Å². The summed E-state index contributed by atoms with van der Waals surface area (Å²) in [5.41, 5.74) is -0.778. The molecule has 1 aliphatic heterocycles. The summed E-state index contributed by atoms with van der Waals surface area (Å²) in [5, 5.41) is 22.8. The van der Waals surface area contributed by atoms with Gasteiger partial charge in [-0.15, -0.1) is 10.2 Å². The van der Waals surface area contributed by atoms with E-state index >= 15 is 0 Å². The Morgan fingerprint density at radius 3 is 3.00 bits per heavy atom. The van der Waals surface area contributed by atoms with Crippen molar-refractivity contribution < 1.29 is 9.84 Å². The smallest absolute Gasteiger partial charge is 0.205 e. The largest absolute Gasteiger partial charge is 0.385 e. The first kappa shape index (κ1) is 10.8. The lowest BCUT2D eigenvalue weighted by molar-refractivity contribution is -0.0176. The first-order valence-corrected chi connectivity index (χ1v) is 5.80. The van der Waals surface area contributed by atoms with Gasteiger partial charge in [0.1, 0.15) is 10.6 Å². The summed E-state index contributed by atoms with van der Waals surface area (Å²) in [6.45, 7) is 4.87. The zero-order valence-electron chi connectivity index (χ0n) is 8.86. The highest BCUT2D eigenvalue weighted by Crippen LogP contribution is 2.26. The van der Waals surface area contributed by atoms with Crippen LogP contribution in [0, 0.1) is 6.92 Å². The average Bonchev–Trinajstić information content (AvgIpc) is 2.73. The van der Waals surface area contributed by atoms with Crippen LogP contribution in [0.5, 0.6) is 0 Å². The lowest BCUT2D eigenvalue weighted by Gasteiger charge is -2.25. The van der Waals surface area contributed by atoms with Crippen LogP contribution in [0.1, 0.15) is 18.4 Å². The number of aryl methyl sites for hydroxylation is 1. The maximum absolute atomic E-state index is 10.2. The molecule has 2 rings (SSSR count). The molecule has 0 aliphatic carbocycles. The molecule has 0 radical (unpaired) electrons. The van der Waals surface area contributed by atoms with Crippen LogP contribution < -0.4 is 5.32 Å². The summed E-state index contributed by atoms with van der Waals surface area (Å²) in [4.78, 5) is 0. The Morgan fingerprint density at radius 1 is 1.67 bits per heavy atom. The molecule has 2 N–H and O–H groups in total. The fourth-order valence-corrected chi connectivity index (χ4v) is 2.19. The van der Waals surface area contributed by atoms with E-state index in [9.17, 15) is 5.11 Å². The predicted octanol–water partition coefficient (Wildman–Crippen LogP) is 0.798. The fourth-order valence-electron chi connectivity index (χ4n) is 1.60. The lowest BCUT2D eigenvalue weighted by atomic mass is 9.97. The molecule has 1 aliphatic rings. The van der Waals surface area contributed by atoms with E-state index in [1.807, 2.05) is 13.8 Å². The monoisotopic (exact) mass is 229 g/mol. The molecule has 84 valence electrons. The van der Waals surface area contributed by atoms with Crippen molar-refractivity contribution in [3.63, 3.8) is 0 Å². The zero-order chi connectivity index (χ0) is 10.9. The van der Waals surface area contributed by atoms with Gasteiger partial charge in [0.25, 0.3) is 0 Å². The van der Waals surface area contributed by atoms with Crippen LogP contribution in [0.2, 0.25) is 0 Å². The predicted molar refractivity (Wildman–Crippen MR) is 58.1 cm³/mol. The van der Waals surface area contributed by atoms with Gasteiger partial charge in [-0.3, -0.25) is 0 Å². The normalized spacial score (nSPS) is 30.7. The van der Waals surface area contributed by atoms with Crippen LogP contribution in [0.4, 0.5) is 5.13 Å². The Bertz CT molecular complexity index is 344. The molecule has 2 unspecified atom stereocenters. The Hall–Kier alpha value is -0.720. The minimum Gasteiger partial charge on any atom is -0.385 e. The van der Waals surface area contributed by atoms with E-state index < -0.39 is 5.60 Å². The number of hydrogen-bond donors (Lipinski definition) is 2. The van der Waals surface area contributed by atoms with Crippen LogP contribution >= 0.6 is 11.3 Å². The number of rotatable bonds is 3. The van der Waals surface area contributed by atoms with Crippen molar-refractivity contribution in [1.82, 2.24) is 10.2 Å². The van der Waals surface area contributed by atoms with E-state index in [1.165, 1.54) is 11.3 Å². The summed E-state index contributed by atoms with van der Waals surface area (Å²) in [5.74, 6) is 0. The molecule has 6 heteroatoms. The SMILES string of the molecule is Cc1nnc(NCC2(O)CCOC2C)s1. The second-order valence-corrected chi connectivity index (χ2v) is 5.03. The summed E-state index contributed by atoms with van der Waals surface area (Å²) in [6, 6.07) is 0. The van der Waals surface area contributed by atoms with Gasteiger partial charge >= 0.3 is 0 Å². The van der Waals surface area contributed by atoms with Crippen molar-refractivity contribution >= 4 is 16.5 Å². The summed E-state index contributed by atoms with van der Waals surface area (Å²) < 4.78 is 5.34. The molecular weight excluding hydrogens is 214 g/mol. The minimum atomic E-state index is -0.778. The highest BCUT2D eigenvalue weighted by molar-refractivity contribution is 7.15. The van der Waals surface area contributed by atoms with E-state index in [1.54, 1.807) is 0 Å². The van der Waals surface area contributed by atoms with Crippen LogP contribution in [0.25, 0.3) is 0 Å². The fraction of sp³-hybridized carbons (Fsp3) is 0.778. The second-order valence-electron chi connectivity index (χ2n) is 3.85. The van der Waals surface area contributed by atoms with Crippen molar-refractivity contribution in [3.8, 4) is 0 Å². The first-order chi connectivity index (χ1) is 7.10. The third-order valence-electron chi connectivity index (χ3n) is 2.73. The molecule has 0 spiro atoms. The summed E-state index contributed by atoms with van der Waals surface area (Å²) in [7, 11) is 0. The molecule has 1 aromatic heterocycles. The van der Waals surface area contributed by atoms with E-state index in [4.69, 9.17) is 4.74 Å². The number of hydrogen-bond acceptors (Lipinski definition) is 6. The van der Waals surface area contributed by atoms with Gasteiger partial charge in [-0.25, -0.2) is 0 Å². The molecule has 15 heavy (non-hydrogen) atoms. The number of nitrogens with one attached hydrogen (secondary N) is 1. The number of aromatic nitrogens is 2. The zero-order valence-corrected chi connectivity index (χ0v) is 9.67. The lowest BCUT2D eigenvalue weighted by Crippen LogP contribution is -2.43. The van der Waals surface area contributed by atoms with Crippen LogP contribution in [0.15, 0.2) is 0 Å². The molecule has 1 fully saturated rings. The first-order valence-electron chi connectivity index (χ1n) is 4.98.